The fraction of sp³-hybridized carbons (Fsp3) is 0.250. The zero-order valence-corrected chi connectivity index (χ0v) is 17.9. The van der Waals surface area contributed by atoms with Gasteiger partial charge in [0.2, 0.25) is 5.41 Å². The molecule has 2 atom stereocenters. The number of methoxy groups -OCH3 is 2. The van der Waals surface area contributed by atoms with Crippen molar-refractivity contribution in [3.8, 4) is 6.07 Å². The fourth-order valence-corrected chi connectivity index (χ4v) is 6.70. The highest BCUT2D eigenvalue weighted by atomic mass is 79.9. The van der Waals surface area contributed by atoms with Gasteiger partial charge in [-0.3, -0.25) is 9.59 Å². The highest BCUT2D eigenvalue weighted by Gasteiger charge is 2.93. The first-order chi connectivity index (χ1) is 13.8. The number of esters is 2. The Labute approximate surface area is 176 Å². The van der Waals surface area contributed by atoms with Crippen LogP contribution in [0.4, 0.5) is 0 Å². The van der Waals surface area contributed by atoms with Crippen molar-refractivity contribution in [3.05, 3.63) is 64.6 Å². The average molecular weight is 478 g/mol. The summed E-state index contributed by atoms with van der Waals surface area (Å²) in [6.07, 6.45) is 0. The molecule has 1 saturated carbocycles. The molecule has 7 nitrogen and oxygen atoms in total. The molecule has 0 amide bonds. The van der Waals surface area contributed by atoms with Crippen LogP contribution in [0.2, 0.25) is 0 Å². The second-order valence-electron chi connectivity index (χ2n) is 6.41. The number of rotatable bonds is 5. The van der Waals surface area contributed by atoms with Gasteiger partial charge in [-0.05, 0) is 23.8 Å². The number of ether oxygens (including phenoxy) is 2. The van der Waals surface area contributed by atoms with Crippen LogP contribution in [0.3, 0.4) is 0 Å². The first-order valence-corrected chi connectivity index (χ1v) is 10.7. The van der Waals surface area contributed by atoms with E-state index in [2.05, 4.69) is 15.9 Å². The Bertz CT molecular complexity index is 1110. The predicted molar refractivity (Wildman–Crippen MR) is 105 cm³/mol. The normalized spacial score (nSPS) is 22.2. The van der Waals surface area contributed by atoms with Gasteiger partial charge < -0.3 is 9.47 Å². The lowest BCUT2D eigenvalue weighted by Gasteiger charge is -2.17. The Balaban J connectivity index is 2.42. The van der Waals surface area contributed by atoms with Crippen LogP contribution in [-0.4, -0.2) is 39.3 Å². The minimum absolute atomic E-state index is 0.187. The molecule has 0 N–H and O–H groups in total. The molecule has 0 aromatic heterocycles. The van der Waals surface area contributed by atoms with Gasteiger partial charge in [0.15, 0.2) is 14.6 Å². The summed E-state index contributed by atoms with van der Waals surface area (Å²) in [7, 11) is -2.44. The number of sulfone groups is 1. The number of nitriles is 1. The third kappa shape index (κ3) is 2.56. The monoisotopic (exact) mass is 477 g/mol. The summed E-state index contributed by atoms with van der Waals surface area (Å²) >= 11 is 3.33. The van der Waals surface area contributed by atoms with E-state index in [9.17, 15) is 23.3 Å². The molecular formula is C20H16BrNO6S. The largest absolute Gasteiger partial charge is 0.468 e. The van der Waals surface area contributed by atoms with Crippen molar-refractivity contribution in [2.75, 3.05) is 14.2 Å². The summed E-state index contributed by atoms with van der Waals surface area (Å²) in [6.45, 7) is 0. The number of halogens is 1. The van der Waals surface area contributed by atoms with Crippen molar-refractivity contribution in [3.63, 3.8) is 0 Å². The first-order valence-electron chi connectivity index (χ1n) is 8.39. The molecule has 0 saturated heterocycles. The minimum Gasteiger partial charge on any atom is -0.468 e. The van der Waals surface area contributed by atoms with Gasteiger partial charge in [-0.15, -0.1) is 0 Å². The molecule has 0 unspecified atom stereocenters. The van der Waals surface area contributed by atoms with Gasteiger partial charge in [-0.2, -0.15) is 5.26 Å². The van der Waals surface area contributed by atoms with Crippen LogP contribution in [0.25, 0.3) is 0 Å². The molecule has 2 aromatic rings. The third-order valence-electron chi connectivity index (χ3n) is 5.22. The SMILES string of the molecule is COC(=O)C1(C(=O)OC)[C@@H](c2ccccc2Br)[C@]1(C#N)S(=O)(=O)c1ccccc1. The zero-order chi connectivity index (χ0) is 21.4. The molecule has 0 bridgehead atoms. The average Bonchev–Trinajstić information content (AvgIpc) is 3.39. The Morgan fingerprint density at radius 3 is 2.00 bits per heavy atom. The summed E-state index contributed by atoms with van der Waals surface area (Å²) in [5.41, 5.74) is -2.06. The van der Waals surface area contributed by atoms with Gasteiger partial charge in [-0.1, -0.05) is 52.3 Å². The van der Waals surface area contributed by atoms with Crippen LogP contribution < -0.4 is 0 Å². The van der Waals surface area contributed by atoms with Crippen molar-refractivity contribution >= 4 is 37.7 Å². The smallest absolute Gasteiger partial charge is 0.326 e. The lowest BCUT2D eigenvalue weighted by Crippen LogP contribution is -2.40. The molecule has 150 valence electrons. The Morgan fingerprint density at radius 2 is 1.52 bits per heavy atom. The third-order valence-corrected chi connectivity index (χ3v) is 8.33. The second-order valence-corrected chi connectivity index (χ2v) is 9.39. The molecule has 0 radical (unpaired) electrons. The molecule has 1 aliphatic rings. The molecule has 1 aliphatic carbocycles. The second kappa shape index (κ2) is 7.28. The molecule has 0 spiro atoms. The summed E-state index contributed by atoms with van der Waals surface area (Å²) in [4.78, 5) is 25.6. The van der Waals surface area contributed by atoms with E-state index in [-0.39, 0.29) is 4.90 Å². The van der Waals surface area contributed by atoms with Crippen molar-refractivity contribution in [2.24, 2.45) is 5.41 Å². The Hall–Kier alpha value is -2.70. The molecule has 2 aromatic carbocycles. The number of hydrogen-bond acceptors (Lipinski definition) is 7. The number of nitrogens with zero attached hydrogens (tertiary/aromatic N) is 1. The topological polar surface area (TPSA) is 111 Å². The highest BCUT2D eigenvalue weighted by Crippen LogP contribution is 2.74. The lowest BCUT2D eigenvalue weighted by atomic mass is 9.99. The van der Waals surface area contributed by atoms with Gasteiger partial charge in [0, 0.05) is 10.4 Å². The van der Waals surface area contributed by atoms with Crippen LogP contribution in [0.15, 0.2) is 64.0 Å². The molecule has 0 heterocycles. The first kappa shape index (κ1) is 21.0. The quantitative estimate of drug-likeness (QED) is 0.480. The van der Waals surface area contributed by atoms with E-state index < -0.39 is 37.9 Å². The molecule has 0 aliphatic heterocycles. The maximum Gasteiger partial charge on any atom is 0.326 e. The van der Waals surface area contributed by atoms with Crippen LogP contribution in [0.1, 0.15) is 11.5 Å². The van der Waals surface area contributed by atoms with Gasteiger partial charge in [-0.25, -0.2) is 8.42 Å². The minimum atomic E-state index is -4.49. The standard InChI is InChI=1S/C20H16BrNO6S/c1-27-17(23)20(18(24)28-2)16(14-10-6-7-11-15(14)21)19(20,12-22)29(25,26)13-8-4-3-5-9-13/h3-11,16H,1-2H3/t16-,19-/m0/s1. The van der Waals surface area contributed by atoms with Gasteiger partial charge in [0.25, 0.3) is 0 Å². The molecule has 9 heteroatoms. The van der Waals surface area contributed by atoms with E-state index in [0.29, 0.717) is 10.0 Å². The summed E-state index contributed by atoms with van der Waals surface area (Å²) in [6, 6.07) is 15.5. The van der Waals surface area contributed by atoms with E-state index in [1.54, 1.807) is 36.4 Å². The van der Waals surface area contributed by atoms with E-state index in [4.69, 9.17) is 9.47 Å². The van der Waals surface area contributed by atoms with E-state index in [0.717, 1.165) is 14.2 Å². The summed E-state index contributed by atoms with van der Waals surface area (Å²) in [5, 5.41) is 10.1. The van der Waals surface area contributed by atoms with Crippen LogP contribution in [0.5, 0.6) is 0 Å². The number of carbonyl (C=O) groups is 2. The molecule has 3 rings (SSSR count). The van der Waals surface area contributed by atoms with Crippen LogP contribution in [-0.2, 0) is 28.9 Å². The Kier molecular flexibility index (Phi) is 5.28. The van der Waals surface area contributed by atoms with Crippen LogP contribution in [0, 0.1) is 16.7 Å². The predicted octanol–water partition coefficient (Wildman–Crippen LogP) is 2.61. The lowest BCUT2D eigenvalue weighted by molar-refractivity contribution is -0.161. The van der Waals surface area contributed by atoms with Crippen molar-refractivity contribution in [1.29, 1.82) is 5.26 Å². The maximum absolute atomic E-state index is 13.6. The molecule has 1 fully saturated rings. The van der Waals surface area contributed by atoms with Gasteiger partial charge in [0.1, 0.15) is 0 Å². The summed E-state index contributed by atoms with van der Waals surface area (Å²) < 4.78 is 34.9. The highest BCUT2D eigenvalue weighted by molar-refractivity contribution is 9.10. The molecular weight excluding hydrogens is 462 g/mol. The summed E-state index contributed by atoms with van der Waals surface area (Å²) in [5.74, 6) is -3.63. The van der Waals surface area contributed by atoms with E-state index >= 15 is 0 Å². The van der Waals surface area contributed by atoms with E-state index in [1.807, 2.05) is 0 Å². The Morgan fingerprint density at radius 1 is 1.00 bits per heavy atom. The maximum atomic E-state index is 13.6. The van der Waals surface area contributed by atoms with Crippen LogP contribution >= 0.6 is 15.9 Å². The van der Waals surface area contributed by atoms with Crippen molar-refractivity contribution in [1.82, 2.24) is 0 Å². The number of carbonyl (C=O) groups excluding carboxylic acids is 2. The van der Waals surface area contributed by atoms with Gasteiger partial charge >= 0.3 is 11.9 Å². The van der Waals surface area contributed by atoms with Crippen molar-refractivity contribution in [2.45, 2.75) is 15.6 Å². The molecule has 29 heavy (non-hydrogen) atoms. The van der Waals surface area contributed by atoms with E-state index in [1.165, 1.54) is 24.3 Å². The van der Waals surface area contributed by atoms with Gasteiger partial charge in [0.05, 0.1) is 25.2 Å². The zero-order valence-electron chi connectivity index (χ0n) is 15.5. The fourth-order valence-electron chi connectivity index (χ4n) is 3.92. The number of benzene rings is 2. The number of hydrogen-bond donors (Lipinski definition) is 0. The van der Waals surface area contributed by atoms with Crippen molar-refractivity contribution < 1.29 is 27.5 Å².